The molecule has 3 aromatic rings. The number of fused-ring (bicyclic) bond motifs is 1. The highest BCUT2D eigenvalue weighted by Gasteiger charge is 2.16. The molecule has 7 heteroatoms. The molecular formula is C17H13Cl2N3O2. The van der Waals surface area contributed by atoms with Crippen LogP contribution in [0.25, 0.3) is 10.9 Å². The van der Waals surface area contributed by atoms with Gasteiger partial charge in [0.15, 0.2) is 5.69 Å². The third-order valence-corrected chi connectivity index (χ3v) is 4.09. The number of aryl methyl sites for hydroxylation is 1. The van der Waals surface area contributed by atoms with Crippen LogP contribution in [0.1, 0.15) is 16.1 Å². The fourth-order valence-corrected chi connectivity index (χ4v) is 2.66. The first kappa shape index (κ1) is 16.5. The lowest BCUT2D eigenvalue weighted by Crippen LogP contribution is -2.31. The van der Waals surface area contributed by atoms with Gasteiger partial charge in [0.1, 0.15) is 0 Å². The molecular weight excluding hydrogens is 349 g/mol. The molecule has 0 unspecified atom stereocenters. The number of hydrogen-bond donors (Lipinski definition) is 1. The van der Waals surface area contributed by atoms with Gasteiger partial charge in [-0.1, -0.05) is 35.3 Å². The Morgan fingerprint density at radius 2 is 1.79 bits per heavy atom. The standard InChI is InChI=1S/C17H13Cl2N3O2/c1-22-14-7-6-12(19)8-13(14)16(23)15(21-22)17(24)20-9-10-2-4-11(18)5-3-10/h2-8H,9H2,1H3,(H,20,24). The molecule has 3 rings (SSSR count). The number of rotatable bonds is 3. The molecule has 24 heavy (non-hydrogen) atoms. The van der Waals surface area contributed by atoms with E-state index in [0.29, 0.717) is 20.9 Å². The lowest BCUT2D eigenvalue weighted by atomic mass is 10.2. The Balaban J connectivity index is 1.91. The second kappa shape index (κ2) is 6.63. The number of carbonyl (C=O) groups excluding carboxylic acids is 1. The summed E-state index contributed by atoms with van der Waals surface area (Å²) in [5, 5.41) is 8.18. The molecule has 1 heterocycles. The molecule has 1 aromatic heterocycles. The number of hydrogen-bond acceptors (Lipinski definition) is 3. The summed E-state index contributed by atoms with van der Waals surface area (Å²) in [6.07, 6.45) is 0. The van der Waals surface area contributed by atoms with Crippen molar-refractivity contribution >= 4 is 40.0 Å². The smallest absolute Gasteiger partial charge is 0.276 e. The topological polar surface area (TPSA) is 64.0 Å². The molecule has 0 aliphatic rings. The van der Waals surface area contributed by atoms with Gasteiger partial charge in [0.05, 0.1) is 10.9 Å². The van der Waals surface area contributed by atoms with Crippen molar-refractivity contribution in [2.75, 3.05) is 0 Å². The second-order valence-electron chi connectivity index (χ2n) is 5.27. The van der Waals surface area contributed by atoms with E-state index in [9.17, 15) is 9.59 Å². The minimum atomic E-state index is -0.535. The zero-order valence-electron chi connectivity index (χ0n) is 12.7. The molecule has 0 fully saturated rings. The molecule has 2 aromatic carbocycles. The fourth-order valence-electron chi connectivity index (χ4n) is 2.37. The molecule has 0 aliphatic heterocycles. The molecule has 0 saturated heterocycles. The average Bonchev–Trinajstić information content (AvgIpc) is 2.57. The van der Waals surface area contributed by atoms with Gasteiger partial charge in [-0.3, -0.25) is 14.3 Å². The quantitative estimate of drug-likeness (QED) is 0.779. The number of benzene rings is 2. The van der Waals surface area contributed by atoms with Gasteiger partial charge >= 0.3 is 0 Å². The van der Waals surface area contributed by atoms with Crippen LogP contribution in [0, 0.1) is 0 Å². The highest BCUT2D eigenvalue weighted by atomic mass is 35.5. The first-order valence-electron chi connectivity index (χ1n) is 7.15. The Hall–Kier alpha value is -2.37. The maximum Gasteiger partial charge on any atom is 0.276 e. The number of halogens is 2. The summed E-state index contributed by atoms with van der Waals surface area (Å²) >= 11 is 11.8. The lowest BCUT2D eigenvalue weighted by molar-refractivity contribution is 0.0943. The largest absolute Gasteiger partial charge is 0.346 e. The van der Waals surface area contributed by atoms with Gasteiger partial charge in [-0.15, -0.1) is 0 Å². The van der Waals surface area contributed by atoms with E-state index in [1.54, 1.807) is 43.4 Å². The normalized spacial score (nSPS) is 10.8. The molecule has 0 spiro atoms. The van der Waals surface area contributed by atoms with Gasteiger partial charge in [-0.05, 0) is 35.9 Å². The zero-order chi connectivity index (χ0) is 17.3. The highest BCUT2D eigenvalue weighted by molar-refractivity contribution is 6.31. The van der Waals surface area contributed by atoms with Gasteiger partial charge < -0.3 is 5.32 Å². The maximum atomic E-state index is 12.5. The second-order valence-corrected chi connectivity index (χ2v) is 6.14. The van der Waals surface area contributed by atoms with Crippen LogP contribution in [-0.4, -0.2) is 15.7 Å². The number of nitrogens with one attached hydrogen (secondary N) is 1. The van der Waals surface area contributed by atoms with Gasteiger partial charge in [-0.2, -0.15) is 5.10 Å². The molecule has 0 radical (unpaired) electrons. The van der Waals surface area contributed by atoms with E-state index < -0.39 is 11.3 Å². The Labute approximate surface area is 147 Å². The summed E-state index contributed by atoms with van der Waals surface area (Å²) in [5.74, 6) is -0.535. The SMILES string of the molecule is Cn1nc(C(=O)NCc2ccc(Cl)cc2)c(=O)c2cc(Cl)ccc21. The van der Waals surface area contributed by atoms with E-state index in [0.717, 1.165) is 5.56 Å². The van der Waals surface area contributed by atoms with Crippen LogP contribution in [0.5, 0.6) is 0 Å². The number of amides is 1. The predicted octanol–water partition coefficient (Wildman–Crippen LogP) is 3.17. The van der Waals surface area contributed by atoms with Crippen LogP contribution < -0.4 is 10.7 Å². The molecule has 0 atom stereocenters. The van der Waals surface area contributed by atoms with Crippen molar-refractivity contribution in [2.45, 2.75) is 6.54 Å². The molecule has 1 N–H and O–H groups in total. The number of nitrogens with zero attached hydrogens (tertiary/aromatic N) is 2. The van der Waals surface area contributed by atoms with Crippen molar-refractivity contribution in [2.24, 2.45) is 7.05 Å². The van der Waals surface area contributed by atoms with Gasteiger partial charge in [0.2, 0.25) is 5.43 Å². The summed E-state index contributed by atoms with van der Waals surface area (Å²) in [7, 11) is 1.67. The van der Waals surface area contributed by atoms with E-state index in [-0.39, 0.29) is 12.2 Å². The zero-order valence-corrected chi connectivity index (χ0v) is 14.2. The minimum absolute atomic E-state index is 0.166. The van der Waals surface area contributed by atoms with Gasteiger partial charge in [0.25, 0.3) is 5.91 Å². The molecule has 5 nitrogen and oxygen atoms in total. The molecule has 1 amide bonds. The summed E-state index contributed by atoms with van der Waals surface area (Å²) in [6.45, 7) is 0.272. The number of carbonyl (C=O) groups is 1. The van der Waals surface area contributed by atoms with Gasteiger partial charge in [-0.25, -0.2) is 0 Å². The van der Waals surface area contributed by atoms with E-state index in [1.165, 1.54) is 10.7 Å². The molecule has 0 saturated carbocycles. The fraction of sp³-hybridized carbons (Fsp3) is 0.118. The first-order valence-corrected chi connectivity index (χ1v) is 7.90. The molecule has 122 valence electrons. The maximum absolute atomic E-state index is 12.5. The van der Waals surface area contributed by atoms with E-state index in [1.807, 2.05) is 0 Å². The Kier molecular flexibility index (Phi) is 4.55. The predicted molar refractivity (Wildman–Crippen MR) is 94.6 cm³/mol. The van der Waals surface area contributed by atoms with Crippen molar-refractivity contribution < 1.29 is 4.79 Å². The molecule has 0 bridgehead atoms. The van der Waals surface area contributed by atoms with Crippen LogP contribution in [0.2, 0.25) is 10.0 Å². The minimum Gasteiger partial charge on any atom is -0.346 e. The van der Waals surface area contributed by atoms with Crippen molar-refractivity contribution in [3.63, 3.8) is 0 Å². The van der Waals surface area contributed by atoms with Gasteiger partial charge in [0, 0.05) is 23.6 Å². The Morgan fingerprint density at radius 3 is 2.50 bits per heavy atom. The van der Waals surface area contributed by atoms with Crippen LogP contribution in [-0.2, 0) is 13.6 Å². The van der Waals surface area contributed by atoms with Crippen molar-refractivity contribution in [1.29, 1.82) is 0 Å². The Morgan fingerprint density at radius 1 is 1.12 bits per heavy atom. The average molecular weight is 362 g/mol. The summed E-state index contributed by atoms with van der Waals surface area (Å²) in [4.78, 5) is 24.9. The molecule has 0 aliphatic carbocycles. The van der Waals surface area contributed by atoms with Crippen LogP contribution in [0.15, 0.2) is 47.3 Å². The first-order chi connectivity index (χ1) is 11.5. The Bertz CT molecular complexity index is 982. The van der Waals surface area contributed by atoms with Crippen LogP contribution >= 0.6 is 23.2 Å². The highest BCUT2D eigenvalue weighted by Crippen LogP contribution is 2.16. The van der Waals surface area contributed by atoms with E-state index >= 15 is 0 Å². The third-order valence-electron chi connectivity index (χ3n) is 3.60. The summed E-state index contributed by atoms with van der Waals surface area (Å²) < 4.78 is 1.49. The van der Waals surface area contributed by atoms with Crippen LogP contribution in [0.3, 0.4) is 0 Å². The lowest BCUT2D eigenvalue weighted by Gasteiger charge is -2.09. The van der Waals surface area contributed by atoms with E-state index in [2.05, 4.69) is 10.4 Å². The van der Waals surface area contributed by atoms with Crippen molar-refractivity contribution in [3.05, 3.63) is 74.0 Å². The monoisotopic (exact) mass is 361 g/mol. The van der Waals surface area contributed by atoms with Crippen molar-refractivity contribution in [3.8, 4) is 0 Å². The number of aromatic nitrogens is 2. The third kappa shape index (κ3) is 3.27. The summed E-state index contributed by atoms with van der Waals surface area (Å²) in [5.41, 5.74) is 0.868. The van der Waals surface area contributed by atoms with E-state index in [4.69, 9.17) is 23.2 Å². The summed E-state index contributed by atoms with van der Waals surface area (Å²) in [6, 6.07) is 12.0. The van der Waals surface area contributed by atoms with Crippen LogP contribution in [0.4, 0.5) is 0 Å². The van der Waals surface area contributed by atoms with Crippen molar-refractivity contribution in [1.82, 2.24) is 15.1 Å².